The molecule has 3 fully saturated rings. The molecule has 0 unspecified atom stereocenters. The Morgan fingerprint density at radius 3 is 2.92 bits per heavy atom. The van der Waals surface area contributed by atoms with Crippen LogP contribution in [0.15, 0.2) is 28.9 Å². The van der Waals surface area contributed by atoms with Gasteiger partial charge in [-0.05, 0) is 71.7 Å². The number of hydrogen-bond acceptors (Lipinski definition) is 3. The van der Waals surface area contributed by atoms with E-state index in [0.717, 1.165) is 16.6 Å². The fraction of sp³-hybridized carbons (Fsp3) is 0.600. The van der Waals surface area contributed by atoms with Gasteiger partial charge in [0.15, 0.2) is 0 Å². The molecule has 0 amide bonds. The van der Waals surface area contributed by atoms with E-state index in [1.165, 1.54) is 25.7 Å². The van der Waals surface area contributed by atoms with Crippen LogP contribution in [-0.4, -0.2) is 17.1 Å². The molecule has 1 aromatic heterocycles. The Bertz CT molecular complexity index is 642. The number of fused-ring (bicyclic) bond motifs is 2. The maximum Gasteiger partial charge on any atom is 0.309 e. The number of halogens is 1. The highest BCUT2D eigenvalue weighted by atomic mass is 79.9. The summed E-state index contributed by atoms with van der Waals surface area (Å²) < 4.78 is 6.61. The topological polar surface area (TPSA) is 39.2 Å². The maximum absolute atomic E-state index is 12.3. The summed E-state index contributed by atoms with van der Waals surface area (Å²) in [5, 5.41) is 0. The molecule has 0 aromatic carbocycles. The first kappa shape index (κ1) is 16.3. The van der Waals surface area contributed by atoms with Crippen LogP contribution < -0.4 is 0 Å². The Morgan fingerprint density at radius 1 is 1.29 bits per heavy atom. The molecule has 4 heteroatoms. The van der Waals surface area contributed by atoms with Crippen molar-refractivity contribution in [3.8, 4) is 0 Å². The third-order valence-corrected chi connectivity index (χ3v) is 6.78. The molecular formula is C20H24BrNO2. The SMILES string of the molecule is C[C@H]1OC(=O)[C@@H]2C[C@@H]3CCCC[C@H]3[C@H](/C=C/c3ccc(Br)cn3)[C@H]12. The number of ether oxygens (including phenoxy) is 1. The first-order valence-electron chi connectivity index (χ1n) is 9.14. The van der Waals surface area contributed by atoms with Crippen LogP contribution in [0.25, 0.3) is 6.08 Å². The zero-order valence-corrected chi connectivity index (χ0v) is 15.6. The van der Waals surface area contributed by atoms with E-state index < -0.39 is 0 Å². The van der Waals surface area contributed by atoms with E-state index in [1.54, 1.807) is 0 Å². The first-order valence-corrected chi connectivity index (χ1v) is 9.93. The highest BCUT2D eigenvalue weighted by molar-refractivity contribution is 9.10. The summed E-state index contributed by atoms with van der Waals surface area (Å²) in [5.41, 5.74) is 0.977. The normalized spacial score (nSPS) is 38.7. The number of esters is 1. The van der Waals surface area contributed by atoms with Gasteiger partial charge in [0, 0.05) is 16.6 Å². The fourth-order valence-corrected chi connectivity index (χ4v) is 5.52. The molecule has 0 bridgehead atoms. The highest BCUT2D eigenvalue weighted by Gasteiger charge is 2.53. The largest absolute Gasteiger partial charge is 0.462 e. The fourth-order valence-electron chi connectivity index (χ4n) is 5.28. The van der Waals surface area contributed by atoms with Gasteiger partial charge < -0.3 is 4.74 Å². The van der Waals surface area contributed by atoms with E-state index in [1.807, 2.05) is 18.3 Å². The number of nitrogens with zero attached hydrogens (tertiary/aromatic N) is 1. The van der Waals surface area contributed by atoms with Crippen molar-refractivity contribution in [3.05, 3.63) is 34.6 Å². The molecule has 6 atom stereocenters. The zero-order chi connectivity index (χ0) is 16.7. The minimum atomic E-state index is 0.0386. The van der Waals surface area contributed by atoms with Crippen molar-refractivity contribution in [3.63, 3.8) is 0 Å². The molecule has 1 aliphatic heterocycles. The standard InChI is InChI=1S/C20H24BrNO2/c1-12-19-17(9-8-15-7-6-14(21)11-22-15)16-5-3-2-4-13(16)10-18(19)20(23)24-12/h6-9,11-13,16-19H,2-5,10H2,1H3/b9-8+/t12-,13+,16-,17+,18-,19+/m1/s1. The lowest BCUT2D eigenvalue weighted by Gasteiger charge is -2.45. The summed E-state index contributed by atoms with van der Waals surface area (Å²) in [7, 11) is 0. The Kier molecular flexibility index (Phi) is 4.50. The molecule has 24 heavy (non-hydrogen) atoms. The van der Waals surface area contributed by atoms with Gasteiger partial charge >= 0.3 is 5.97 Å². The summed E-state index contributed by atoms with van der Waals surface area (Å²) >= 11 is 3.43. The van der Waals surface area contributed by atoms with Crippen LogP contribution in [0.5, 0.6) is 0 Å². The Labute approximate surface area is 152 Å². The van der Waals surface area contributed by atoms with Gasteiger partial charge in [-0.3, -0.25) is 9.78 Å². The molecule has 2 heterocycles. The van der Waals surface area contributed by atoms with E-state index >= 15 is 0 Å². The van der Waals surface area contributed by atoms with Gasteiger partial charge in [0.25, 0.3) is 0 Å². The molecular weight excluding hydrogens is 366 g/mol. The number of cyclic esters (lactones) is 1. The lowest BCUT2D eigenvalue weighted by molar-refractivity contribution is -0.144. The van der Waals surface area contributed by atoms with E-state index in [9.17, 15) is 4.79 Å². The second-order valence-electron chi connectivity index (χ2n) is 7.61. The molecule has 0 radical (unpaired) electrons. The van der Waals surface area contributed by atoms with Gasteiger partial charge in [-0.1, -0.05) is 25.3 Å². The first-order chi connectivity index (χ1) is 11.6. The predicted molar refractivity (Wildman–Crippen MR) is 97.1 cm³/mol. The average molecular weight is 390 g/mol. The van der Waals surface area contributed by atoms with Gasteiger partial charge in [-0.15, -0.1) is 0 Å². The second-order valence-corrected chi connectivity index (χ2v) is 8.52. The van der Waals surface area contributed by atoms with Crippen LogP contribution in [0.3, 0.4) is 0 Å². The molecule has 4 rings (SSSR count). The van der Waals surface area contributed by atoms with E-state index in [2.05, 4.69) is 40.0 Å². The van der Waals surface area contributed by atoms with Crippen LogP contribution in [0.1, 0.15) is 44.7 Å². The van der Waals surface area contributed by atoms with Crippen LogP contribution in [0.4, 0.5) is 0 Å². The van der Waals surface area contributed by atoms with Crippen molar-refractivity contribution in [2.45, 2.75) is 45.1 Å². The lowest BCUT2D eigenvalue weighted by atomic mass is 9.57. The number of allylic oxidation sites excluding steroid dienone is 1. The van der Waals surface area contributed by atoms with Crippen molar-refractivity contribution in [2.24, 2.45) is 29.6 Å². The van der Waals surface area contributed by atoms with Gasteiger partial charge in [0.2, 0.25) is 0 Å². The number of carbonyl (C=O) groups is 1. The predicted octanol–water partition coefficient (Wildman–Crippen LogP) is 4.86. The number of hydrogen-bond donors (Lipinski definition) is 0. The monoisotopic (exact) mass is 389 g/mol. The van der Waals surface area contributed by atoms with Gasteiger partial charge in [-0.25, -0.2) is 0 Å². The van der Waals surface area contributed by atoms with E-state index in [-0.39, 0.29) is 18.0 Å². The Hall–Kier alpha value is -1.16. The maximum atomic E-state index is 12.3. The smallest absolute Gasteiger partial charge is 0.309 e. The van der Waals surface area contributed by atoms with Crippen molar-refractivity contribution >= 4 is 28.0 Å². The van der Waals surface area contributed by atoms with E-state index in [4.69, 9.17) is 4.74 Å². The quantitative estimate of drug-likeness (QED) is 0.677. The zero-order valence-electron chi connectivity index (χ0n) is 14.0. The number of carbonyl (C=O) groups excluding carboxylic acids is 1. The van der Waals surface area contributed by atoms with Gasteiger partial charge in [0.05, 0.1) is 11.6 Å². The molecule has 0 spiro atoms. The second kappa shape index (κ2) is 6.62. The summed E-state index contributed by atoms with van der Waals surface area (Å²) in [6, 6.07) is 4.05. The number of rotatable bonds is 2. The number of pyridine rings is 1. The van der Waals surface area contributed by atoms with Crippen molar-refractivity contribution in [1.29, 1.82) is 0 Å². The highest BCUT2D eigenvalue weighted by Crippen LogP contribution is 2.53. The lowest BCUT2D eigenvalue weighted by Crippen LogP contribution is -2.42. The van der Waals surface area contributed by atoms with Crippen LogP contribution in [-0.2, 0) is 9.53 Å². The summed E-state index contributed by atoms with van der Waals surface area (Å²) in [4.78, 5) is 16.7. The number of aromatic nitrogens is 1. The molecule has 0 N–H and O–H groups in total. The molecule has 2 saturated carbocycles. The molecule has 3 nitrogen and oxygen atoms in total. The van der Waals surface area contributed by atoms with Gasteiger partial charge in [0.1, 0.15) is 6.10 Å². The van der Waals surface area contributed by atoms with Crippen LogP contribution in [0.2, 0.25) is 0 Å². The van der Waals surface area contributed by atoms with Crippen molar-refractivity contribution in [2.75, 3.05) is 0 Å². The summed E-state index contributed by atoms with van der Waals surface area (Å²) in [6.45, 7) is 2.07. The molecule has 1 saturated heterocycles. The Balaban J connectivity index is 1.63. The minimum Gasteiger partial charge on any atom is -0.462 e. The minimum absolute atomic E-state index is 0.0386. The Morgan fingerprint density at radius 2 is 2.12 bits per heavy atom. The van der Waals surface area contributed by atoms with Crippen molar-refractivity contribution < 1.29 is 9.53 Å². The summed E-state index contributed by atoms with van der Waals surface area (Å²) in [6.07, 6.45) is 12.6. The third kappa shape index (κ3) is 2.94. The van der Waals surface area contributed by atoms with Crippen LogP contribution >= 0.6 is 15.9 Å². The van der Waals surface area contributed by atoms with Gasteiger partial charge in [-0.2, -0.15) is 0 Å². The van der Waals surface area contributed by atoms with Crippen molar-refractivity contribution in [1.82, 2.24) is 4.98 Å². The third-order valence-electron chi connectivity index (χ3n) is 6.31. The molecule has 1 aromatic rings. The van der Waals surface area contributed by atoms with E-state index in [0.29, 0.717) is 23.7 Å². The van der Waals surface area contributed by atoms with Crippen LogP contribution in [0, 0.1) is 29.6 Å². The molecule has 128 valence electrons. The molecule has 2 aliphatic carbocycles. The molecule has 3 aliphatic rings. The average Bonchev–Trinajstić information content (AvgIpc) is 2.87. The summed E-state index contributed by atoms with van der Waals surface area (Å²) in [5.74, 6) is 2.29.